The summed E-state index contributed by atoms with van der Waals surface area (Å²) in [5.41, 5.74) is 6.03. The molecule has 2 atom stereocenters. The van der Waals surface area contributed by atoms with Crippen LogP contribution in [0.1, 0.15) is 25.7 Å². The molecule has 1 saturated heterocycles. The molecule has 1 heterocycles. The summed E-state index contributed by atoms with van der Waals surface area (Å²) in [6, 6.07) is 0.535. The van der Waals surface area contributed by atoms with Gasteiger partial charge in [-0.2, -0.15) is 0 Å². The number of morpholine rings is 1. The van der Waals surface area contributed by atoms with Gasteiger partial charge in [-0.25, -0.2) is 4.99 Å². The van der Waals surface area contributed by atoms with Gasteiger partial charge in [-0.3, -0.25) is 0 Å². The van der Waals surface area contributed by atoms with Crippen LogP contribution in [-0.2, 0) is 4.74 Å². The van der Waals surface area contributed by atoms with E-state index in [0.29, 0.717) is 6.04 Å². The molecule has 16 heavy (non-hydrogen) atoms. The molecule has 3 fully saturated rings. The fourth-order valence-corrected chi connectivity index (χ4v) is 2.77. The first-order chi connectivity index (χ1) is 7.84. The van der Waals surface area contributed by atoms with E-state index in [1.807, 2.05) is 0 Å². The van der Waals surface area contributed by atoms with Gasteiger partial charge in [0.1, 0.15) is 0 Å². The Kier molecular flexibility index (Phi) is 2.75. The van der Waals surface area contributed by atoms with Gasteiger partial charge in [0.05, 0.1) is 19.3 Å². The Balaban J connectivity index is 1.52. The van der Waals surface area contributed by atoms with Crippen molar-refractivity contribution in [2.24, 2.45) is 22.6 Å². The number of nitrogens with two attached hydrogens (primary N) is 1. The van der Waals surface area contributed by atoms with Gasteiger partial charge in [0.2, 0.25) is 0 Å². The number of guanidine groups is 1. The highest BCUT2D eigenvalue weighted by Crippen LogP contribution is 2.48. The first-order valence-corrected chi connectivity index (χ1v) is 6.50. The monoisotopic (exact) mass is 223 g/mol. The van der Waals surface area contributed by atoms with Crippen LogP contribution in [0.2, 0.25) is 0 Å². The van der Waals surface area contributed by atoms with Gasteiger partial charge < -0.3 is 15.4 Å². The number of rotatable bonds is 2. The van der Waals surface area contributed by atoms with Crippen LogP contribution in [0, 0.1) is 11.8 Å². The summed E-state index contributed by atoms with van der Waals surface area (Å²) < 4.78 is 5.30. The summed E-state index contributed by atoms with van der Waals surface area (Å²) in [5, 5.41) is 0. The molecular weight excluding hydrogens is 202 g/mol. The van der Waals surface area contributed by atoms with E-state index in [1.54, 1.807) is 0 Å². The molecular formula is C12H21N3O. The third-order valence-corrected chi connectivity index (χ3v) is 4.19. The van der Waals surface area contributed by atoms with Gasteiger partial charge >= 0.3 is 0 Å². The zero-order valence-corrected chi connectivity index (χ0v) is 9.77. The highest BCUT2D eigenvalue weighted by atomic mass is 16.5. The Morgan fingerprint density at radius 3 is 2.62 bits per heavy atom. The van der Waals surface area contributed by atoms with E-state index in [1.165, 1.54) is 25.7 Å². The molecule has 0 unspecified atom stereocenters. The molecule has 4 heteroatoms. The molecule has 0 amide bonds. The van der Waals surface area contributed by atoms with E-state index >= 15 is 0 Å². The van der Waals surface area contributed by atoms with Crippen molar-refractivity contribution in [3.8, 4) is 0 Å². The molecule has 0 aromatic heterocycles. The van der Waals surface area contributed by atoms with Gasteiger partial charge in [0, 0.05) is 13.1 Å². The van der Waals surface area contributed by atoms with Gasteiger partial charge in [-0.1, -0.05) is 19.3 Å². The first-order valence-electron chi connectivity index (χ1n) is 6.50. The van der Waals surface area contributed by atoms with Crippen molar-refractivity contribution in [1.82, 2.24) is 4.90 Å². The first kappa shape index (κ1) is 10.4. The lowest BCUT2D eigenvalue weighted by atomic mass is 9.81. The van der Waals surface area contributed by atoms with Crippen LogP contribution in [0.3, 0.4) is 0 Å². The van der Waals surface area contributed by atoms with Crippen LogP contribution in [0.5, 0.6) is 0 Å². The fourth-order valence-electron chi connectivity index (χ4n) is 2.77. The van der Waals surface area contributed by atoms with Crippen LogP contribution >= 0.6 is 0 Å². The van der Waals surface area contributed by atoms with Gasteiger partial charge in [0.25, 0.3) is 0 Å². The number of aliphatic imine (C=N–C) groups is 1. The van der Waals surface area contributed by atoms with Crippen LogP contribution in [0.4, 0.5) is 0 Å². The molecule has 0 bridgehead atoms. The standard InChI is InChI=1S/C12H21N3O/c13-12(15-4-6-16-7-5-15)14-11-8-10(11)9-2-1-3-9/h9-11H,1-8H2,(H2,13,14)/t10-,11+/m0/s1. The van der Waals surface area contributed by atoms with Crippen LogP contribution in [-0.4, -0.2) is 43.2 Å². The number of hydrogen-bond donors (Lipinski definition) is 1. The van der Waals surface area contributed by atoms with Crippen molar-refractivity contribution >= 4 is 5.96 Å². The third-order valence-electron chi connectivity index (χ3n) is 4.19. The van der Waals surface area contributed by atoms with Gasteiger partial charge in [-0.05, 0) is 18.3 Å². The maximum atomic E-state index is 6.03. The molecule has 0 radical (unpaired) electrons. The summed E-state index contributed by atoms with van der Waals surface area (Å²) in [6.07, 6.45) is 5.55. The molecule has 2 saturated carbocycles. The van der Waals surface area contributed by atoms with Crippen LogP contribution in [0.25, 0.3) is 0 Å². The summed E-state index contributed by atoms with van der Waals surface area (Å²) in [5.74, 6) is 2.56. The minimum atomic E-state index is 0.535. The SMILES string of the molecule is NC(=N[C@@H]1C[C@H]1C1CCC1)N1CCOCC1. The quantitative estimate of drug-likeness (QED) is 0.557. The molecule has 2 N–H and O–H groups in total. The molecule has 1 aliphatic heterocycles. The largest absolute Gasteiger partial charge is 0.378 e. The van der Waals surface area contributed by atoms with E-state index in [9.17, 15) is 0 Å². The minimum absolute atomic E-state index is 0.535. The lowest BCUT2D eigenvalue weighted by Crippen LogP contribution is -2.45. The Morgan fingerprint density at radius 2 is 2.00 bits per heavy atom. The van der Waals surface area contributed by atoms with Crippen molar-refractivity contribution in [1.29, 1.82) is 0 Å². The Labute approximate surface area is 96.8 Å². The predicted octanol–water partition coefficient (Wildman–Crippen LogP) is 0.822. The lowest BCUT2D eigenvalue weighted by Gasteiger charge is -2.28. The Bertz CT molecular complexity index is 282. The minimum Gasteiger partial charge on any atom is -0.378 e. The normalized spacial score (nSPS) is 36.0. The molecule has 2 aliphatic carbocycles. The molecule has 0 spiro atoms. The van der Waals surface area contributed by atoms with Gasteiger partial charge in [-0.15, -0.1) is 0 Å². The number of ether oxygens (including phenoxy) is 1. The Hall–Kier alpha value is -0.770. The fraction of sp³-hybridized carbons (Fsp3) is 0.917. The molecule has 4 nitrogen and oxygen atoms in total. The summed E-state index contributed by atoms with van der Waals surface area (Å²) in [6.45, 7) is 3.37. The lowest BCUT2D eigenvalue weighted by molar-refractivity contribution is 0.0673. The average Bonchev–Trinajstić information content (AvgIpc) is 2.96. The van der Waals surface area contributed by atoms with Crippen molar-refractivity contribution < 1.29 is 4.74 Å². The third kappa shape index (κ3) is 2.03. The molecule has 90 valence electrons. The smallest absolute Gasteiger partial charge is 0.191 e. The second-order valence-electron chi connectivity index (χ2n) is 5.24. The number of nitrogens with zero attached hydrogens (tertiary/aromatic N) is 2. The van der Waals surface area contributed by atoms with Gasteiger partial charge in [0.15, 0.2) is 5.96 Å². The average molecular weight is 223 g/mol. The highest BCUT2D eigenvalue weighted by Gasteiger charge is 2.45. The van der Waals surface area contributed by atoms with E-state index in [4.69, 9.17) is 10.5 Å². The van der Waals surface area contributed by atoms with E-state index < -0.39 is 0 Å². The van der Waals surface area contributed by atoms with E-state index in [-0.39, 0.29) is 0 Å². The molecule has 0 aromatic carbocycles. The van der Waals surface area contributed by atoms with Crippen LogP contribution < -0.4 is 5.73 Å². The van der Waals surface area contributed by atoms with Crippen LogP contribution in [0.15, 0.2) is 4.99 Å². The maximum Gasteiger partial charge on any atom is 0.191 e. The molecule has 3 rings (SSSR count). The maximum absolute atomic E-state index is 6.03. The second-order valence-corrected chi connectivity index (χ2v) is 5.24. The highest BCUT2D eigenvalue weighted by molar-refractivity contribution is 5.78. The zero-order valence-electron chi connectivity index (χ0n) is 9.77. The topological polar surface area (TPSA) is 50.8 Å². The second kappa shape index (κ2) is 4.24. The predicted molar refractivity (Wildman–Crippen MR) is 63.3 cm³/mol. The zero-order chi connectivity index (χ0) is 11.0. The number of hydrogen-bond acceptors (Lipinski definition) is 2. The summed E-state index contributed by atoms with van der Waals surface area (Å²) in [7, 11) is 0. The van der Waals surface area contributed by atoms with Crippen molar-refractivity contribution in [3.05, 3.63) is 0 Å². The summed E-state index contributed by atoms with van der Waals surface area (Å²) >= 11 is 0. The molecule has 0 aromatic rings. The Morgan fingerprint density at radius 1 is 1.25 bits per heavy atom. The summed E-state index contributed by atoms with van der Waals surface area (Å²) in [4.78, 5) is 6.81. The van der Waals surface area contributed by atoms with E-state index in [2.05, 4.69) is 9.89 Å². The van der Waals surface area contributed by atoms with Crippen molar-refractivity contribution in [3.63, 3.8) is 0 Å². The van der Waals surface area contributed by atoms with Crippen molar-refractivity contribution in [2.45, 2.75) is 31.7 Å². The molecule has 3 aliphatic rings. The van der Waals surface area contributed by atoms with Crippen molar-refractivity contribution in [2.75, 3.05) is 26.3 Å². The van der Waals surface area contributed by atoms with E-state index in [0.717, 1.165) is 44.1 Å².